The molecule has 0 aliphatic rings. The molecule has 1 N–H and O–H groups in total. The first-order valence-electron chi connectivity index (χ1n) is 9.28. The lowest BCUT2D eigenvalue weighted by Crippen LogP contribution is -2.14. The lowest BCUT2D eigenvalue weighted by atomic mass is 10.1. The van der Waals surface area contributed by atoms with Gasteiger partial charge in [-0.05, 0) is 55.8 Å². The molecule has 0 aliphatic heterocycles. The highest BCUT2D eigenvalue weighted by atomic mass is 35.5. The fourth-order valence-electron chi connectivity index (χ4n) is 3.19. The van der Waals surface area contributed by atoms with E-state index in [0.717, 1.165) is 22.4 Å². The fraction of sp³-hybridized carbons (Fsp3) is 0.0870. The Kier molecular flexibility index (Phi) is 5.33. The number of rotatable bonds is 4. The molecule has 150 valence electrons. The van der Waals surface area contributed by atoms with Crippen molar-refractivity contribution in [3.05, 3.63) is 94.5 Å². The van der Waals surface area contributed by atoms with Gasteiger partial charge >= 0.3 is 0 Å². The highest BCUT2D eigenvalue weighted by Gasteiger charge is 2.20. The van der Waals surface area contributed by atoms with E-state index in [9.17, 15) is 9.18 Å². The molecular formula is C23H18ClFN4O. The van der Waals surface area contributed by atoms with Gasteiger partial charge in [0.15, 0.2) is 5.82 Å². The van der Waals surface area contributed by atoms with Crippen LogP contribution in [0.2, 0.25) is 5.02 Å². The van der Waals surface area contributed by atoms with Crippen LogP contribution in [0.25, 0.3) is 17.1 Å². The summed E-state index contributed by atoms with van der Waals surface area (Å²) in [6.45, 7) is 3.98. The van der Waals surface area contributed by atoms with Crippen LogP contribution in [0.5, 0.6) is 0 Å². The van der Waals surface area contributed by atoms with Crippen molar-refractivity contribution >= 4 is 23.2 Å². The van der Waals surface area contributed by atoms with Crippen molar-refractivity contribution in [2.75, 3.05) is 5.32 Å². The molecular weight excluding hydrogens is 403 g/mol. The zero-order chi connectivity index (χ0) is 21.3. The summed E-state index contributed by atoms with van der Waals surface area (Å²) in [7, 11) is 0. The van der Waals surface area contributed by atoms with Crippen molar-refractivity contribution in [2.24, 2.45) is 0 Å². The Balaban J connectivity index is 1.80. The molecule has 1 heterocycles. The molecule has 0 saturated heterocycles. The van der Waals surface area contributed by atoms with Gasteiger partial charge in [0.25, 0.3) is 5.91 Å². The third-order valence-electron chi connectivity index (χ3n) is 4.56. The standard InChI is InChI=1S/C23H18ClFN4O/c1-14-9-10-20(15(2)11-14)29-22(16-5-3-6-17(24)12-16)27-21(28-29)23(30)26-19-8-4-7-18(25)13-19/h3-13H,1-2H3,(H,26,30). The van der Waals surface area contributed by atoms with E-state index in [-0.39, 0.29) is 5.82 Å². The summed E-state index contributed by atoms with van der Waals surface area (Å²) in [5, 5.41) is 7.64. The minimum atomic E-state index is -0.535. The lowest BCUT2D eigenvalue weighted by molar-refractivity contribution is 0.101. The van der Waals surface area contributed by atoms with Gasteiger partial charge in [-0.3, -0.25) is 4.79 Å². The number of aromatic nitrogens is 3. The SMILES string of the molecule is Cc1ccc(-n2nc(C(=O)Nc3cccc(F)c3)nc2-c2cccc(Cl)c2)c(C)c1. The van der Waals surface area contributed by atoms with Crippen molar-refractivity contribution in [1.82, 2.24) is 14.8 Å². The van der Waals surface area contributed by atoms with E-state index in [1.54, 1.807) is 22.9 Å². The highest BCUT2D eigenvalue weighted by molar-refractivity contribution is 6.30. The molecule has 1 aromatic heterocycles. The molecule has 0 unspecified atom stereocenters. The van der Waals surface area contributed by atoms with Gasteiger partial charge in [-0.2, -0.15) is 0 Å². The number of amides is 1. The maximum atomic E-state index is 13.4. The Morgan fingerprint density at radius 3 is 2.57 bits per heavy atom. The Labute approximate surface area is 178 Å². The van der Waals surface area contributed by atoms with Crippen LogP contribution in [0.15, 0.2) is 66.7 Å². The molecule has 0 atom stereocenters. The summed E-state index contributed by atoms with van der Waals surface area (Å²) < 4.78 is 15.1. The average Bonchev–Trinajstić information content (AvgIpc) is 3.13. The molecule has 3 aromatic carbocycles. The number of nitrogens with one attached hydrogen (secondary N) is 1. The molecule has 0 radical (unpaired) electrons. The molecule has 0 fully saturated rings. The zero-order valence-corrected chi connectivity index (χ0v) is 17.1. The largest absolute Gasteiger partial charge is 0.319 e. The quantitative estimate of drug-likeness (QED) is 0.467. The van der Waals surface area contributed by atoms with Gasteiger partial charge in [-0.25, -0.2) is 14.1 Å². The minimum absolute atomic E-state index is 0.0331. The number of nitrogens with zero attached hydrogens (tertiary/aromatic N) is 3. The van der Waals surface area contributed by atoms with Gasteiger partial charge in [-0.1, -0.05) is 47.5 Å². The second-order valence-corrected chi connectivity index (χ2v) is 7.37. The summed E-state index contributed by atoms with van der Waals surface area (Å²) >= 11 is 6.16. The average molecular weight is 421 g/mol. The van der Waals surface area contributed by atoms with Crippen molar-refractivity contribution in [3.8, 4) is 17.1 Å². The molecule has 4 aromatic rings. The number of carbonyl (C=O) groups is 1. The van der Waals surface area contributed by atoms with Crippen LogP contribution < -0.4 is 5.32 Å². The molecule has 7 heteroatoms. The van der Waals surface area contributed by atoms with Gasteiger partial charge in [0, 0.05) is 16.3 Å². The Bertz CT molecular complexity index is 1250. The molecule has 4 rings (SSSR count). The van der Waals surface area contributed by atoms with Crippen molar-refractivity contribution in [3.63, 3.8) is 0 Å². The topological polar surface area (TPSA) is 59.8 Å². The van der Waals surface area contributed by atoms with Gasteiger partial charge in [-0.15, -0.1) is 5.10 Å². The van der Waals surface area contributed by atoms with Crippen LogP contribution in [-0.2, 0) is 0 Å². The minimum Gasteiger partial charge on any atom is -0.319 e. The first-order chi connectivity index (χ1) is 14.4. The Morgan fingerprint density at radius 2 is 1.83 bits per heavy atom. The number of anilines is 1. The first kappa shape index (κ1) is 19.8. The van der Waals surface area contributed by atoms with Crippen LogP contribution in [-0.4, -0.2) is 20.7 Å². The molecule has 30 heavy (non-hydrogen) atoms. The van der Waals surface area contributed by atoms with Crippen molar-refractivity contribution in [2.45, 2.75) is 13.8 Å². The van der Waals surface area contributed by atoms with E-state index < -0.39 is 11.7 Å². The lowest BCUT2D eigenvalue weighted by Gasteiger charge is -2.10. The van der Waals surface area contributed by atoms with Gasteiger partial charge in [0.1, 0.15) is 5.82 Å². The summed E-state index contributed by atoms with van der Waals surface area (Å²) in [4.78, 5) is 17.2. The highest BCUT2D eigenvalue weighted by Crippen LogP contribution is 2.26. The number of halogens is 2. The van der Waals surface area contributed by atoms with Crippen LogP contribution in [0.3, 0.4) is 0 Å². The van der Waals surface area contributed by atoms with Gasteiger partial charge in [0.05, 0.1) is 5.69 Å². The van der Waals surface area contributed by atoms with E-state index in [1.807, 2.05) is 44.2 Å². The predicted molar refractivity (Wildman–Crippen MR) is 116 cm³/mol. The zero-order valence-electron chi connectivity index (χ0n) is 16.4. The second-order valence-electron chi connectivity index (χ2n) is 6.94. The fourth-order valence-corrected chi connectivity index (χ4v) is 3.38. The van der Waals surface area contributed by atoms with E-state index in [4.69, 9.17) is 11.6 Å². The Morgan fingerprint density at radius 1 is 1.03 bits per heavy atom. The monoisotopic (exact) mass is 420 g/mol. The van der Waals surface area contributed by atoms with Crippen LogP contribution in [0.4, 0.5) is 10.1 Å². The summed E-state index contributed by atoms with van der Waals surface area (Å²) in [5.74, 6) is -0.531. The van der Waals surface area contributed by atoms with Gasteiger partial charge in [0.2, 0.25) is 5.82 Å². The number of aryl methyl sites for hydroxylation is 2. The van der Waals surface area contributed by atoms with Crippen molar-refractivity contribution < 1.29 is 9.18 Å². The van der Waals surface area contributed by atoms with E-state index >= 15 is 0 Å². The third-order valence-corrected chi connectivity index (χ3v) is 4.79. The first-order valence-corrected chi connectivity index (χ1v) is 9.66. The molecule has 5 nitrogen and oxygen atoms in total. The smallest absolute Gasteiger partial charge is 0.295 e. The number of hydrogen-bond donors (Lipinski definition) is 1. The van der Waals surface area contributed by atoms with E-state index in [0.29, 0.717) is 16.5 Å². The number of benzene rings is 3. The normalized spacial score (nSPS) is 10.8. The maximum absolute atomic E-state index is 13.4. The molecule has 0 bridgehead atoms. The van der Waals surface area contributed by atoms with Gasteiger partial charge < -0.3 is 5.32 Å². The maximum Gasteiger partial charge on any atom is 0.295 e. The van der Waals surface area contributed by atoms with E-state index in [1.165, 1.54) is 18.2 Å². The summed E-state index contributed by atoms with van der Waals surface area (Å²) in [6.07, 6.45) is 0. The summed E-state index contributed by atoms with van der Waals surface area (Å²) in [5.41, 5.74) is 3.95. The van der Waals surface area contributed by atoms with E-state index in [2.05, 4.69) is 15.4 Å². The van der Waals surface area contributed by atoms with Crippen LogP contribution >= 0.6 is 11.6 Å². The second kappa shape index (κ2) is 8.08. The third kappa shape index (κ3) is 4.09. The summed E-state index contributed by atoms with van der Waals surface area (Å²) in [6, 6.07) is 18.8. The predicted octanol–water partition coefficient (Wildman–Crippen LogP) is 5.60. The molecule has 0 saturated carbocycles. The number of hydrogen-bond acceptors (Lipinski definition) is 3. The number of carbonyl (C=O) groups excluding carboxylic acids is 1. The molecule has 0 aliphatic carbocycles. The molecule has 0 spiro atoms. The van der Waals surface area contributed by atoms with Crippen LogP contribution in [0.1, 0.15) is 21.7 Å². The Hall–Kier alpha value is -3.51. The van der Waals surface area contributed by atoms with Crippen molar-refractivity contribution in [1.29, 1.82) is 0 Å². The van der Waals surface area contributed by atoms with Crippen LogP contribution in [0, 0.1) is 19.7 Å². The molecule has 1 amide bonds.